The largest absolute Gasteiger partial charge is 0.403 e. The van der Waals surface area contributed by atoms with Crippen LogP contribution in [0.3, 0.4) is 0 Å². The number of hydrogen-bond donors (Lipinski definition) is 1. The summed E-state index contributed by atoms with van der Waals surface area (Å²) in [6.45, 7) is 3.80. The van der Waals surface area contributed by atoms with Crippen molar-refractivity contribution < 1.29 is 17.6 Å². The number of nitrogens with one attached hydrogen (secondary N) is 1. The van der Waals surface area contributed by atoms with Gasteiger partial charge in [0.25, 0.3) is 5.91 Å². The summed E-state index contributed by atoms with van der Waals surface area (Å²) in [7, 11) is -3.92. The maximum atomic E-state index is 12.9. The molecule has 0 aliphatic heterocycles. The lowest BCUT2D eigenvalue weighted by molar-refractivity contribution is 0.102. The number of carbonyl (C=O) groups excluding carboxylic acids is 1. The quantitative estimate of drug-likeness (QED) is 0.491. The van der Waals surface area contributed by atoms with Crippen molar-refractivity contribution in [2.45, 2.75) is 31.6 Å². The van der Waals surface area contributed by atoms with E-state index in [9.17, 15) is 13.2 Å². The highest BCUT2D eigenvalue weighted by atomic mass is 32.2. The van der Waals surface area contributed by atoms with Gasteiger partial charge in [0.15, 0.2) is 0 Å². The summed E-state index contributed by atoms with van der Waals surface area (Å²) >= 11 is 0. The summed E-state index contributed by atoms with van der Waals surface area (Å²) in [6.07, 6.45) is -0.00120. The number of rotatable bonds is 9. The van der Waals surface area contributed by atoms with Crippen molar-refractivity contribution in [3.63, 3.8) is 0 Å². The Morgan fingerprint density at radius 1 is 1.03 bits per heavy atom. The lowest BCUT2D eigenvalue weighted by Gasteiger charge is -2.20. The zero-order valence-corrected chi connectivity index (χ0v) is 19.5. The first-order valence-corrected chi connectivity index (χ1v) is 11.8. The molecule has 1 N–H and O–H groups in total. The summed E-state index contributed by atoms with van der Waals surface area (Å²) in [5, 5.41) is 27.9. The number of anilines is 1. The Balaban J connectivity index is 1.74. The molecule has 3 aromatic rings. The molecule has 11 heteroatoms. The molecule has 174 valence electrons. The number of nitrogens with zero attached hydrogens (tertiary/aromatic N) is 5. The predicted molar refractivity (Wildman–Crippen MR) is 123 cm³/mol. The minimum absolute atomic E-state index is 0.000602. The van der Waals surface area contributed by atoms with Crippen molar-refractivity contribution in [3.05, 3.63) is 59.2 Å². The summed E-state index contributed by atoms with van der Waals surface area (Å²) in [6, 6.07) is 14.8. The van der Waals surface area contributed by atoms with Crippen LogP contribution in [0.5, 0.6) is 0 Å². The van der Waals surface area contributed by atoms with Gasteiger partial charge in [-0.1, -0.05) is 22.8 Å². The molecule has 34 heavy (non-hydrogen) atoms. The summed E-state index contributed by atoms with van der Waals surface area (Å²) in [5.41, 5.74) is 2.92. The molecule has 0 aliphatic carbocycles. The van der Waals surface area contributed by atoms with Gasteiger partial charge in [0, 0.05) is 37.1 Å². The van der Waals surface area contributed by atoms with Crippen LogP contribution in [0.4, 0.5) is 6.01 Å². The van der Waals surface area contributed by atoms with Crippen LogP contribution >= 0.6 is 0 Å². The first kappa shape index (κ1) is 24.6. The highest BCUT2D eigenvalue weighted by molar-refractivity contribution is 7.89. The van der Waals surface area contributed by atoms with Gasteiger partial charge in [-0.25, -0.2) is 8.42 Å². The summed E-state index contributed by atoms with van der Waals surface area (Å²) < 4.78 is 32.4. The minimum atomic E-state index is -3.92. The zero-order valence-electron chi connectivity index (χ0n) is 18.6. The van der Waals surface area contributed by atoms with Crippen LogP contribution in [0.15, 0.2) is 51.8 Å². The van der Waals surface area contributed by atoms with Gasteiger partial charge in [-0.3, -0.25) is 10.1 Å². The molecule has 1 heterocycles. The van der Waals surface area contributed by atoms with E-state index in [2.05, 4.69) is 15.5 Å². The molecule has 0 fully saturated rings. The van der Waals surface area contributed by atoms with Crippen molar-refractivity contribution in [3.8, 4) is 23.6 Å². The van der Waals surface area contributed by atoms with E-state index in [-0.39, 0.29) is 48.3 Å². The van der Waals surface area contributed by atoms with Gasteiger partial charge in [-0.2, -0.15) is 14.8 Å². The molecular weight excluding hydrogens is 456 g/mol. The summed E-state index contributed by atoms with van der Waals surface area (Å²) in [4.78, 5) is 12.5. The second-order valence-corrected chi connectivity index (χ2v) is 9.37. The van der Waals surface area contributed by atoms with Crippen molar-refractivity contribution in [2.75, 3.05) is 18.4 Å². The van der Waals surface area contributed by atoms with Crippen molar-refractivity contribution in [1.82, 2.24) is 14.5 Å². The number of benzene rings is 2. The van der Waals surface area contributed by atoms with E-state index in [1.807, 2.05) is 44.2 Å². The number of amides is 1. The van der Waals surface area contributed by atoms with E-state index >= 15 is 0 Å². The maximum Gasteiger partial charge on any atom is 0.322 e. The fourth-order valence-electron chi connectivity index (χ4n) is 3.15. The average Bonchev–Trinajstić information content (AvgIpc) is 3.28. The molecule has 0 saturated heterocycles. The third-order valence-corrected chi connectivity index (χ3v) is 6.88. The average molecular weight is 479 g/mol. The number of aromatic nitrogens is 2. The number of nitriles is 2. The molecule has 0 saturated carbocycles. The maximum absolute atomic E-state index is 12.9. The summed E-state index contributed by atoms with van der Waals surface area (Å²) in [5.74, 6) is -0.279. The lowest BCUT2D eigenvalue weighted by Crippen LogP contribution is -2.32. The third kappa shape index (κ3) is 5.64. The van der Waals surface area contributed by atoms with E-state index in [1.54, 1.807) is 0 Å². The Morgan fingerprint density at radius 2 is 1.68 bits per heavy atom. The lowest BCUT2D eigenvalue weighted by atomic mass is 10.1. The highest BCUT2D eigenvalue weighted by Gasteiger charge is 2.24. The first-order valence-electron chi connectivity index (χ1n) is 10.3. The highest BCUT2D eigenvalue weighted by Crippen LogP contribution is 2.25. The van der Waals surface area contributed by atoms with Crippen LogP contribution in [-0.2, 0) is 10.0 Å². The molecular formula is C23H22N6O4S. The van der Waals surface area contributed by atoms with Crippen LogP contribution in [0.1, 0.15) is 34.3 Å². The molecule has 1 amide bonds. The van der Waals surface area contributed by atoms with Crippen molar-refractivity contribution in [2.24, 2.45) is 0 Å². The molecule has 0 bridgehead atoms. The fourth-order valence-corrected chi connectivity index (χ4v) is 4.59. The number of aryl methyl sites for hydroxylation is 2. The first-order chi connectivity index (χ1) is 16.3. The third-order valence-electron chi connectivity index (χ3n) is 4.97. The molecule has 2 aromatic carbocycles. The van der Waals surface area contributed by atoms with Gasteiger partial charge in [0.05, 0.1) is 17.0 Å². The van der Waals surface area contributed by atoms with Gasteiger partial charge >= 0.3 is 6.01 Å². The van der Waals surface area contributed by atoms with E-state index in [4.69, 9.17) is 14.9 Å². The van der Waals surface area contributed by atoms with E-state index in [0.717, 1.165) is 21.0 Å². The van der Waals surface area contributed by atoms with Gasteiger partial charge in [-0.05, 0) is 49.7 Å². The number of sulfonamides is 1. The van der Waals surface area contributed by atoms with E-state index in [0.29, 0.717) is 0 Å². The van der Waals surface area contributed by atoms with Crippen molar-refractivity contribution >= 4 is 21.9 Å². The van der Waals surface area contributed by atoms with Crippen LogP contribution in [0, 0.1) is 36.5 Å². The fraction of sp³-hybridized carbons (Fsp3) is 0.261. The minimum Gasteiger partial charge on any atom is -0.403 e. The molecule has 0 atom stereocenters. The Kier molecular flexibility index (Phi) is 7.74. The van der Waals surface area contributed by atoms with Gasteiger partial charge < -0.3 is 4.42 Å². The zero-order chi connectivity index (χ0) is 24.7. The van der Waals surface area contributed by atoms with Gasteiger partial charge in [-0.15, -0.1) is 5.10 Å². The van der Waals surface area contributed by atoms with Crippen LogP contribution in [-0.4, -0.2) is 41.9 Å². The molecule has 1 aromatic heterocycles. The predicted octanol–water partition coefficient (Wildman–Crippen LogP) is 3.42. The molecule has 0 unspecified atom stereocenters. The molecule has 10 nitrogen and oxygen atoms in total. The van der Waals surface area contributed by atoms with Crippen LogP contribution < -0.4 is 5.32 Å². The monoisotopic (exact) mass is 478 g/mol. The van der Waals surface area contributed by atoms with Gasteiger partial charge in [0.1, 0.15) is 0 Å². The SMILES string of the molecule is Cc1ccc(C)c(-c2nnc(NC(=O)c3ccc(S(=O)(=O)N(CCC#N)CCC#N)cc3)o2)c1. The Bertz CT molecular complexity index is 1350. The number of carbonyl (C=O) groups is 1. The molecule has 0 radical (unpaired) electrons. The second-order valence-electron chi connectivity index (χ2n) is 7.43. The van der Waals surface area contributed by atoms with E-state index < -0.39 is 15.9 Å². The normalized spacial score (nSPS) is 11.1. The Labute approximate surface area is 197 Å². The number of hydrogen-bond acceptors (Lipinski definition) is 8. The standard InChI is InChI=1S/C23H22N6O4S/c1-16-5-6-17(2)20(15-16)22-27-28-23(33-22)26-21(30)18-7-9-19(10-8-18)34(31,32)29(13-3-11-24)14-4-12-25/h5-10,15H,3-4,13-14H2,1-2H3,(H,26,28,30). The Morgan fingerprint density at radius 3 is 2.29 bits per heavy atom. The van der Waals surface area contributed by atoms with Gasteiger partial charge in [0.2, 0.25) is 15.9 Å². The smallest absolute Gasteiger partial charge is 0.322 e. The van der Waals surface area contributed by atoms with Crippen LogP contribution in [0.25, 0.3) is 11.5 Å². The second kappa shape index (κ2) is 10.7. The Hall–Kier alpha value is -4.06. The van der Waals surface area contributed by atoms with Crippen LogP contribution in [0.2, 0.25) is 0 Å². The molecule has 3 rings (SSSR count). The van der Waals surface area contributed by atoms with Crippen molar-refractivity contribution in [1.29, 1.82) is 10.5 Å². The molecule has 0 aliphatic rings. The molecule has 0 spiro atoms. The van der Waals surface area contributed by atoms with E-state index in [1.165, 1.54) is 24.3 Å². The topological polar surface area (TPSA) is 153 Å².